The number of nitrogens with two attached hydrogens (primary N) is 1. The van der Waals surface area contributed by atoms with Gasteiger partial charge in [0.15, 0.2) is 11.5 Å². The molecule has 0 spiro atoms. The summed E-state index contributed by atoms with van der Waals surface area (Å²) in [6.07, 6.45) is 7.04. The summed E-state index contributed by atoms with van der Waals surface area (Å²) in [4.78, 5) is 0. The third kappa shape index (κ3) is 5.43. The summed E-state index contributed by atoms with van der Waals surface area (Å²) in [7, 11) is 1.62. The Bertz CT molecular complexity index is 421. The first kappa shape index (κ1) is 16.9. The van der Waals surface area contributed by atoms with E-state index in [4.69, 9.17) is 26.8 Å². The van der Waals surface area contributed by atoms with Gasteiger partial charge in [0, 0.05) is 0 Å². The second kappa shape index (κ2) is 9.67. The summed E-state index contributed by atoms with van der Waals surface area (Å²) in [6, 6.07) is 3.83. The lowest BCUT2D eigenvalue weighted by Crippen LogP contribution is -2.04. The van der Waals surface area contributed by atoms with Gasteiger partial charge in [-0.05, 0) is 56.3 Å². The molecule has 3 nitrogen and oxygen atoms in total. The minimum absolute atomic E-state index is 0.582. The fourth-order valence-corrected chi connectivity index (χ4v) is 2.25. The molecule has 0 aliphatic heterocycles. The van der Waals surface area contributed by atoms with Gasteiger partial charge in [-0.15, -0.1) is 6.58 Å². The van der Waals surface area contributed by atoms with Crippen molar-refractivity contribution < 1.29 is 9.47 Å². The number of methoxy groups -OCH3 is 1. The Hall–Kier alpha value is -1.19. The molecule has 0 bridgehead atoms. The first-order chi connectivity index (χ1) is 9.72. The van der Waals surface area contributed by atoms with Crippen LogP contribution in [0.1, 0.15) is 31.2 Å². The van der Waals surface area contributed by atoms with Crippen LogP contribution in [0.25, 0.3) is 0 Å². The molecule has 0 aromatic heterocycles. The second-order valence-electron chi connectivity index (χ2n) is 4.63. The van der Waals surface area contributed by atoms with Crippen molar-refractivity contribution in [2.75, 3.05) is 20.3 Å². The van der Waals surface area contributed by atoms with E-state index in [1.807, 2.05) is 18.2 Å². The summed E-state index contributed by atoms with van der Waals surface area (Å²) in [5, 5.41) is 0.582. The largest absolute Gasteiger partial charge is 0.493 e. The minimum atomic E-state index is 0.582. The summed E-state index contributed by atoms with van der Waals surface area (Å²) < 4.78 is 11.1. The predicted molar refractivity (Wildman–Crippen MR) is 84.9 cm³/mol. The van der Waals surface area contributed by atoms with Crippen LogP contribution in [-0.4, -0.2) is 20.3 Å². The highest BCUT2D eigenvalue weighted by atomic mass is 35.5. The Morgan fingerprint density at radius 1 is 1.30 bits per heavy atom. The maximum atomic E-state index is 6.25. The Morgan fingerprint density at radius 3 is 2.75 bits per heavy atom. The third-order valence-corrected chi connectivity index (χ3v) is 3.30. The number of benzene rings is 1. The normalized spacial score (nSPS) is 10.3. The number of unbranched alkanes of at least 4 members (excludes halogenated alkanes) is 3. The lowest BCUT2D eigenvalue weighted by atomic mass is 10.1. The van der Waals surface area contributed by atoms with E-state index in [0.29, 0.717) is 29.7 Å². The summed E-state index contributed by atoms with van der Waals surface area (Å²) in [5.74, 6) is 1.30. The molecule has 0 aliphatic rings. The van der Waals surface area contributed by atoms with Crippen molar-refractivity contribution in [1.82, 2.24) is 0 Å². The molecular formula is C16H24ClNO2. The molecule has 1 aromatic carbocycles. The van der Waals surface area contributed by atoms with Crippen LogP contribution < -0.4 is 15.2 Å². The lowest BCUT2D eigenvalue weighted by Gasteiger charge is -2.14. The highest BCUT2D eigenvalue weighted by Crippen LogP contribution is 2.36. The first-order valence-corrected chi connectivity index (χ1v) is 7.41. The average Bonchev–Trinajstić information content (AvgIpc) is 2.44. The second-order valence-corrected chi connectivity index (χ2v) is 5.04. The zero-order valence-electron chi connectivity index (χ0n) is 12.2. The molecule has 0 saturated heterocycles. The van der Waals surface area contributed by atoms with Crippen molar-refractivity contribution in [3.05, 3.63) is 35.4 Å². The summed E-state index contributed by atoms with van der Waals surface area (Å²) in [5.41, 5.74) is 6.62. The summed E-state index contributed by atoms with van der Waals surface area (Å²) in [6.45, 7) is 4.94. The molecule has 0 unspecified atom stereocenters. The topological polar surface area (TPSA) is 44.5 Å². The number of hydrogen-bond acceptors (Lipinski definition) is 3. The molecule has 0 fully saturated rings. The maximum Gasteiger partial charge on any atom is 0.179 e. The van der Waals surface area contributed by atoms with Crippen molar-refractivity contribution in [3.63, 3.8) is 0 Å². The van der Waals surface area contributed by atoms with Crippen molar-refractivity contribution in [2.24, 2.45) is 5.73 Å². The Morgan fingerprint density at radius 2 is 2.10 bits per heavy atom. The van der Waals surface area contributed by atoms with E-state index in [2.05, 4.69) is 6.58 Å². The number of allylic oxidation sites excluding steroid dienone is 1. The quantitative estimate of drug-likeness (QED) is 0.525. The van der Waals surface area contributed by atoms with Gasteiger partial charge in [0.05, 0.1) is 18.7 Å². The molecule has 0 atom stereocenters. The lowest BCUT2D eigenvalue weighted by molar-refractivity contribution is 0.285. The van der Waals surface area contributed by atoms with Gasteiger partial charge in [0.2, 0.25) is 0 Å². The molecule has 1 rings (SSSR count). The van der Waals surface area contributed by atoms with Gasteiger partial charge in [-0.3, -0.25) is 0 Å². The molecule has 0 aliphatic carbocycles. The number of rotatable bonds is 10. The molecule has 0 amide bonds. The molecule has 20 heavy (non-hydrogen) atoms. The van der Waals surface area contributed by atoms with Crippen LogP contribution in [0, 0.1) is 0 Å². The van der Waals surface area contributed by atoms with Gasteiger partial charge in [-0.25, -0.2) is 0 Å². The molecular weight excluding hydrogens is 274 g/mol. The van der Waals surface area contributed by atoms with Crippen molar-refractivity contribution in [1.29, 1.82) is 0 Å². The first-order valence-electron chi connectivity index (χ1n) is 7.03. The van der Waals surface area contributed by atoms with Gasteiger partial charge >= 0.3 is 0 Å². The smallest absolute Gasteiger partial charge is 0.179 e. The maximum absolute atomic E-state index is 6.25. The van der Waals surface area contributed by atoms with Gasteiger partial charge < -0.3 is 15.2 Å². The molecule has 4 heteroatoms. The van der Waals surface area contributed by atoms with Crippen molar-refractivity contribution in [2.45, 2.75) is 32.1 Å². The molecule has 0 radical (unpaired) electrons. The predicted octanol–water partition coefficient (Wildman–Crippen LogP) is 3.98. The van der Waals surface area contributed by atoms with Crippen LogP contribution in [-0.2, 0) is 6.42 Å². The number of halogens is 1. The number of ether oxygens (including phenoxy) is 2. The highest BCUT2D eigenvalue weighted by Gasteiger charge is 2.11. The van der Waals surface area contributed by atoms with E-state index in [1.54, 1.807) is 7.11 Å². The Balaban J connectivity index is 2.57. The fraction of sp³-hybridized carbons (Fsp3) is 0.500. The fourth-order valence-electron chi connectivity index (χ4n) is 1.97. The summed E-state index contributed by atoms with van der Waals surface area (Å²) >= 11 is 6.25. The Kier molecular flexibility index (Phi) is 8.16. The van der Waals surface area contributed by atoms with E-state index in [-0.39, 0.29) is 0 Å². The average molecular weight is 298 g/mol. The highest BCUT2D eigenvalue weighted by molar-refractivity contribution is 6.32. The standard InChI is InChI=1S/C16H24ClNO2/c1-3-4-5-6-7-10-20-16-14(17)11-13(8-9-18)12-15(16)19-2/h3,11-12H,1,4-10,18H2,2H3. The van der Waals surface area contributed by atoms with Crippen LogP contribution >= 0.6 is 11.6 Å². The minimum Gasteiger partial charge on any atom is -0.493 e. The molecule has 112 valence electrons. The molecule has 1 aromatic rings. The van der Waals surface area contributed by atoms with Gasteiger partial charge in [-0.2, -0.15) is 0 Å². The monoisotopic (exact) mass is 297 g/mol. The SMILES string of the molecule is C=CCCCCCOc1c(Cl)cc(CCN)cc1OC. The van der Waals surface area contributed by atoms with Crippen LogP contribution in [0.15, 0.2) is 24.8 Å². The van der Waals surface area contributed by atoms with Crippen LogP contribution in [0.2, 0.25) is 5.02 Å². The molecule has 2 N–H and O–H groups in total. The van der Waals surface area contributed by atoms with E-state index in [0.717, 1.165) is 37.7 Å². The molecule has 0 saturated carbocycles. The zero-order chi connectivity index (χ0) is 14.8. The Labute approximate surface area is 126 Å². The van der Waals surface area contributed by atoms with Gasteiger partial charge in [0.1, 0.15) is 0 Å². The van der Waals surface area contributed by atoms with E-state index in [1.165, 1.54) is 0 Å². The van der Waals surface area contributed by atoms with Crippen molar-refractivity contribution >= 4 is 11.6 Å². The van der Waals surface area contributed by atoms with E-state index in [9.17, 15) is 0 Å². The molecule has 0 heterocycles. The third-order valence-electron chi connectivity index (χ3n) is 3.02. The van der Waals surface area contributed by atoms with Crippen LogP contribution in [0.5, 0.6) is 11.5 Å². The van der Waals surface area contributed by atoms with E-state index >= 15 is 0 Å². The van der Waals surface area contributed by atoms with Gasteiger partial charge in [-0.1, -0.05) is 17.7 Å². The van der Waals surface area contributed by atoms with E-state index < -0.39 is 0 Å². The van der Waals surface area contributed by atoms with Crippen LogP contribution in [0.3, 0.4) is 0 Å². The number of hydrogen-bond donors (Lipinski definition) is 1. The van der Waals surface area contributed by atoms with Crippen molar-refractivity contribution in [3.8, 4) is 11.5 Å². The van der Waals surface area contributed by atoms with Crippen LogP contribution in [0.4, 0.5) is 0 Å². The zero-order valence-corrected chi connectivity index (χ0v) is 12.9. The van der Waals surface area contributed by atoms with Gasteiger partial charge in [0.25, 0.3) is 0 Å².